The van der Waals surface area contributed by atoms with Gasteiger partial charge in [0.1, 0.15) is 6.04 Å². The van der Waals surface area contributed by atoms with Crippen LogP contribution in [0, 0.1) is 17.1 Å². The summed E-state index contributed by atoms with van der Waals surface area (Å²) in [5, 5.41) is 12.9. The Balaban J connectivity index is 3.25. The highest BCUT2D eigenvalue weighted by Gasteiger charge is 2.22. The first-order valence-electron chi connectivity index (χ1n) is 8.05. The average Bonchev–Trinajstić information content (AvgIpc) is 2.48. The summed E-state index contributed by atoms with van der Waals surface area (Å²) < 4.78 is 15.0. The maximum Gasteiger partial charge on any atom is 0.250 e. The highest BCUT2D eigenvalue weighted by atomic mass is 32.1. The van der Waals surface area contributed by atoms with Gasteiger partial charge in [0, 0.05) is 12.1 Å². The first kappa shape index (κ1) is 21.5. The van der Waals surface area contributed by atoms with Gasteiger partial charge in [0.05, 0.1) is 21.9 Å². The fourth-order valence-corrected chi connectivity index (χ4v) is 2.66. The lowest BCUT2D eigenvalue weighted by Crippen LogP contribution is -2.37. The van der Waals surface area contributed by atoms with Gasteiger partial charge in [-0.05, 0) is 31.4 Å². The van der Waals surface area contributed by atoms with Crippen molar-refractivity contribution in [1.29, 1.82) is 5.41 Å². The van der Waals surface area contributed by atoms with Gasteiger partial charge < -0.3 is 27.5 Å². The van der Waals surface area contributed by atoms with Crippen molar-refractivity contribution in [2.45, 2.75) is 39.7 Å². The molecular formula is C17H24FN5O2S. The quantitative estimate of drug-likeness (QED) is 0.331. The van der Waals surface area contributed by atoms with Crippen LogP contribution in [0.15, 0.2) is 12.1 Å². The number of primary amides is 2. The zero-order valence-electron chi connectivity index (χ0n) is 15.0. The van der Waals surface area contributed by atoms with Crippen molar-refractivity contribution in [3.8, 4) is 0 Å². The molecule has 0 aliphatic heterocycles. The number of nitrogens with one attached hydrogen (secondary N) is 3. The number of nitrogens with two attached hydrogens (primary N) is 2. The Labute approximate surface area is 157 Å². The predicted molar refractivity (Wildman–Crippen MR) is 105 cm³/mol. The van der Waals surface area contributed by atoms with Gasteiger partial charge >= 0.3 is 0 Å². The van der Waals surface area contributed by atoms with Crippen LogP contribution in [-0.2, 0) is 4.79 Å². The van der Waals surface area contributed by atoms with Gasteiger partial charge in [0.2, 0.25) is 5.91 Å². The van der Waals surface area contributed by atoms with Gasteiger partial charge in [0.25, 0.3) is 5.91 Å². The van der Waals surface area contributed by atoms with Crippen LogP contribution in [-0.4, -0.2) is 28.6 Å². The number of carbonyl (C=O) groups is 2. The summed E-state index contributed by atoms with van der Waals surface area (Å²) in [5.41, 5.74) is 10.7. The van der Waals surface area contributed by atoms with E-state index < -0.39 is 23.7 Å². The third-order valence-electron chi connectivity index (χ3n) is 3.48. The molecule has 2 amide bonds. The SMILES string of the molecule is CC(=N)CC(=S)Nc1c(C(N)=O)ccc(NC(CC(C)C)C(N)=O)c1F. The van der Waals surface area contributed by atoms with E-state index in [9.17, 15) is 14.0 Å². The predicted octanol–water partition coefficient (Wildman–Crippen LogP) is 2.41. The third kappa shape index (κ3) is 6.07. The maximum absolute atomic E-state index is 15.0. The summed E-state index contributed by atoms with van der Waals surface area (Å²) in [4.78, 5) is 23.4. The molecule has 26 heavy (non-hydrogen) atoms. The fourth-order valence-electron chi connectivity index (χ4n) is 2.34. The van der Waals surface area contributed by atoms with E-state index in [1.54, 1.807) is 6.92 Å². The molecule has 0 aliphatic carbocycles. The van der Waals surface area contributed by atoms with Gasteiger partial charge in [-0.25, -0.2) is 4.39 Å². The summed E-state index contributed by atoms with van der Waals surface area (Å²) in [5.74, 6) is -2.09. The Kier molecular flexibility index (Phi) is 7.63. The Bertz CT molecular complexity index is 736. The second-order valence-corrected chi connectivity index (χ2v) is 6.94. The number of hydrogen-bond donors (Lipinski definition) is 5. The van der Waals surface area contributed by atoms with Crippen molar-refractivity contribution in [3.05, 3.63) is 23.5 Å². The Morgan fingerprint density at radius 2 is 1.92 bits per heavy atom. The molecule has 7 nitrogen and oxygen atoms in total. The molecule has 1 rings (SSSR count). The number of hydrogen-bond acceptors (Lipinski definition) is 5. The lowest BCUT2D eigenvalue weighted by atomic mass is 10.0. The summed E-state index contributed by atoms with van der Waals surface area (Å²) in [6, 6.07) is 1.89. The Morgan fingerprint density at radius 3 is 2.38 bits per heavy atom. The minimum Gasteiger partial charge on any atom is -0.371 e. The minimum atomic E-state index is -0.832. The van der Waals surface area contributed by atoms with Crippen molar-refractivity contribution >= 4 is 46.1 Å². The summed E-state index contributed by atoms with van der Waals surface area (Å²) in [7, 11) is 0. The normalized spacial score (nSPS) is 11.7. The van der Waals surface area contributed by atoms with E-state index in [-0.39, 0.29) is 40.0 Å². The molecule has 0 radical (unpaired) electrons. The number of carbonyl (C=O) groups excluding carboxylic acids is 2. The van der Waals surface area contributed by atoms with Crippen LogP contribution in [0.2, 0.25) is 0 Å². The molecule has 0 spiro atoms. The van der Waals surface area contributed by atoms with E-state index in [4.69, 9.17) is 29.1 Å². The van der Waals surface area contributed by atoms with Crippen LogP contribution in [0.1, 0.15) is 44.0 Å². The zero-order chi connectivity index (χ0) is 20.0. The smallest absolute Gasteiger partial charge is 0.250 e. The van der Waals surface area contributed by atoms with Crippen LogP contribution in [0.5, 0.6) is 0 Å². The van der Waals surface area contributed by atoms with Gasteiger partial charge in [-0.3, -0.25) is 9.59 Å². The molecule has 0 bridgehead atoms. The van der Waals surface area contributed by atoms with E-state index in [2.05, 4.69) is 10.6 Å². The van der Waals surface area contributed by atoms with Crippen molar-refractivity contribution in [2.75, 3.05) is 10.6 Å². The molecule has 9 heteroatoms. The monoisotopic (exact) mass is 381 g/mol. The number of anilines is 2. The topological polar surface area (TPSA) is 134 Å². The van der Waals surface area contributed by atoms with Gasteiger partial charge in [0.15, 0.2) is 5.82 Å². The molecule has 1 aromatic carbocycles. The number of benzene rings is 1. The van der Waals surface area contributed by atoms with E-state index in [1.807, 2.05) is 13.8 Å². The second kappa shape index (κ2) is 9.23. The van der Waals surface area contributed by atoms with E-state index in [1.165, 1.54) is 12.1 Å². The van der Waals surface area contributed by atoms with E-state index >= 15 is 0 Å². The molecule has 1 atom stereocenters. The molecule has 0 aromatic heterocycles. The van der Waals surface area contributed by atoms with Crippen LogP contribution in [0.4, 0.5) is 15.8 Å². The van der Waals surface area contributed by atoms with Crippen molar-refractivity contribution < 1.29 is 14.0 Å². The Hall–Kier alpha value is -2.55. The van der Waals surface area contributed by atoms with Crippen LogP contribution in [0.3, 0.4) is 0 Å². The number of halogens is 1. The second-order valence-electron chi connectivity index (χ2n) is 6.45. The van der Waals surface area contributed by atoms with Crippen molar-refractivity contribution in [3.63, 3.8) is 0 Å². The minimum absolute atomic E-state index is 0.00340. The first-order chi connectivity index (χ1) is 12.0. The molecule has 0 aliphatic rings. The maximum atomic E-state index is 15.0. The van der Waals surface area contributed by atoms with Gasteiger partial charge in [-0.1, -0.05) is 26.1 Å². The molecule has 0 saturated heterocycles. The number of thiocarbonyl (C=S) groups is 1. The van der Waals surface area contributed by atoms with Crippen LogP contribution in [0.25, 0.3) is 0 Å². The van der Waals surface area contributed by atoms with Crippen LogP contribution >= 0.6 is 12.2 Å². The molecule has 7 N–H and O–H groups in total. The summed E-state index contributed by atoms with van der Waals surface area (Å²) in [6.07, 6.45) is 0.530. The molecular weight excluding hydrogens is 357 g/mol. The number of rotatable bonds is 9. The summed E-state index contributed by atoms with van der Waals surface area (Å²) in [6.45, 7) is 5.38. The molecule has 142 valence electrons. The van der Waals surface area contributed by atoms with E-state index in [0.29, 0.717) is 6.42 Å². The molecule has 1 aromatic rings. The average molecular weight is 381 g/mol. The number of amides is 2. The molecule has 1 unspecified atom stereocenters. The third-order valence-corrected chi connectivity index (χ3v) is 3.72. The molecule has 0 saturated carbocycles. The highest BCUT2D eigenvalue weighted by molar-refractivity contribution is 7.80. The fraction of sp³-hybridized carbons (Fsp3) is 0.412. The highest BCUT2D eigenvalue weighted by Crippen LogP contribution is 2.28. The van der Waals surface area contributed by atoms with Gasteiger partial charge in [-0.15, -0.1) is 0 Å². The first-order valence-corrected chi connectivity index (χ1v) is 8.45. The Morgan fingerprint density at radius 1 is 1.31 bits per heavy atom. The zero-order valence-corrected chi connectivity index (χ0v) is 15.8. The molecule has 0 fully saturated rings. The van der Waals surface area contributed by atoms with Crippen molar-refractivity contribution in [1.82, 2.24) is 0 Å². The van der Waals surface area contributed by atoms with E-state index in [0.717, 1.165) is 0 Å². The van der Waals surface area contributed by atoms with Crippen LogP contribution < -0.4 is 22.1 Å². The largest absolute Gasteiger partial charge is 0.371 e. The lowest BCUT2D eigenvalue weighted by Gasteiger charge is -2.21. The summed E-state index contributed by atoms with van der Waals surface area (Å²) >= 11 is 5.08. The van der Waals surface area contributed by atoms with Gasteiger partial charge in [-0.2, -0.15) is 0 Å². The van der Waals surface area contributed by atoms with Crippen molar-refractivity contribution in [2.24, 2.45) is 17.4 Å². The standard InChI is InChI=1S/C17H24FN5O2S/c1-8(2)6-12(17(21)25)22-11-5-4-10(16(20)24)15(14(11)18)23-13(26)7-9(3)19/h4-5,8,12,19,22H,6-7H2,1-3H3,(H2,20,24)(H2,21,25)(H,23,26). The lowest BCUT2D eigenvalue weighted by molar-refractivity contribution is -0.119. The molecule has 0 heterocycles.